The number of fused-ring (bicyclic) bond motifs is 2. The molecule has 5 nitrogen and oxygen atoms in total. The largest absolute Gasteiger partial charge is 0.454 e. The lowest BCUT2D eigenvalue weighted by Gasteiger charge is -2.14. The van der Waals surface area contributed by atoms with Crippen molar-refractivity contribution in [2.45, 2.75) is 6.18 Å². The van der Waals surface area contributed by atoms with Gasteiger partial charge in [-0.3, -0.25) is 15.0 Å². The molecule has 2 N–H and O–H groups in total. The number of halogens is 3. The van der Waals surface area contributed by atoms with Crippen LogP contribution in [0.25, 0.3) is 11.1 Å². The average molecular weight is 398 g/mol. The summed E-state index contributed by atoms with van der Waals surface area (Å²) in [7, 11) is 0. The molecule has 3 aromatic carbocycles. The van der Waals surface area contributed by atoms with Crippen LogP contribution in [0, 0.1) is 0 Å². The number of amides is 1. The van der Waals surface area contributed by atoms with Gasteiger partial charge in [-0.25, -0.2) is 5.48 Å². The summed E-state index contributed by atoms with van der Waals surface area (Å²) in [5.41, 5.74) is 2.63. The van der Waals surface area contributed by atoms with Crippen LogP contribution < -0.4 is 10.2 Å². The third-order valence-corrected chi connectivity index (χ3v) is 4.47. The van der Waals surface area contributed by atoms with Crippen LogP contribution >= 0.6 is 0 Å². The van der Waals surface area contributed by atoms with E-state index in [4.69, 9.17) is 9.94 Å². The maximum absolute atomic E-state index is 13.0. The van der Waals surface area contributed by atoms with Gasteiger partial charge in [0.2, 0.25) is 0 Å². The van der Waals surface area contributed by atoms with Crippen LogP contribution in [0.4, 0.5) is 18.9 Å². The molecule has 4 rings (SSSR count). The number of aliphatic imine (C=N–C) groups is 1. The minimum atomic E-state index is -4.49. The molecule has 8 heteroatoms. The Kier molecular flexibility index (Phi) is 4.56. The fourth-order valence-corrected chi connectivity index (χ4v) is 3.11. The molecular weight excluding hydrogens is 385 g/mol. The van der Waals surface area contributed by atoms with E-state index >= 15 is 0 Å². The SMILES string of the molecule is O=C(NO)c1ccccc1-c1cccc2c1C=Nc1cc(C(F)(F)F)ccc1O2. The van der Waals surface area contributed by atoms with Gasteiger partial charge in [0, 0.05) is 17.3 Å². The lowest BCUT2D eigenvalue weighted by atomic mass is 9.95. The van der Waals surface area contributed by atoms with Gasteiger partial charge >= 0.3 is 6.18 Å². The molecule has 1 aliphatic rings. The molecule has 29 heavy (non-hydrogen) atoms. The third kappa shape index (κ3) is 3.45. The first-order valence-electron chi connectivity index (χ1n) is 8.48. The smallest absolute Gasteiger partial charge is 0.416 e. The van der Waals surface area contributed by atoms with Crippen molar-refractivity contribution < 1.29 is 27.9 Å². The summed E-state index contributed by atoms with van der Waals surface area (Å²) in [6.07, 6.45) is -3.09. The fraction of sp³-hybridized carbons (Fsp3) is 0.0476. The zero-order valence-electron chi connectivity index (χ0n) is 14.7. The van der Waals surface area contributed by atoms with E-state index < -0.39 is 17.6 Å². The molecular formula is C21H13F3N2O3. The van der Waals surface area contributed by atoms with Gasteiger partial charge in [-0.2, -0.15) is 13.2 Å². The second kappa shape index (κ2) is 7.06. The summed E-state index contributed by atoms with van der Waals surface area (Å²) in [6, 6.07) is 14.8. The molecule has 146 valence electrons. The predicted molar refractivity (Wildman–Crippen MR) is 99.9 cm³/mol. The van der Waals surface area contributed by atoms with E-state index in [2.05, 4.69) is 4.99 Å². The van der Waals surface area contributed by atoms with Crippen molar-refractivity contribution in [2.75, 3.05) is 0 Å². The standard InChI is InChI=1S/C21H13F3N2O3/c22-21(23,24)12-8-9-19-17(10-12)25-11-16-14(6-3-7-18(16)29-19)13-4-1-2-5-15(13)20(27)26-28/h1-11,28H,(H,26,27). The molecule has 0 atom stereocenters. The Hall–Kier alpha value is -3.65. The molecule has 1 heterocycles. The Bertz CT molecular complexity index is 1140. The number of nitrogens with one attached hydrogen (secondary N) is 1. The minimum Gasteiger partial charge on any atom is -0.454 e. The summed E-state index contributed by atoms with van der Waals surface area (Å²) in [5.74, 6) is -0.127. The monoisotopic (exact) mass is 398 g/mol. The molecule has 3 aromatic rings. The Morgan fingerprint density at radius 3 is 2.48 bits per heavy atom. The van der Waals surface area contributed by atoms with Crippen LogP contribution in [-0.2, 0) is 6.18 Å². The molecule has 0 unspecified atom stereocenters. The first kappa shape index (κ1) is 18.7. The van der Waals surface area contributed by atoms with Gasteiger partial charge in [0.05, 0.1) is 5.56 Å². The van der Waals surface area contributed by atoms with Crippen LogP contribution in [0.5, 0.6) is 11.5 Å². The van der Waals surface area contributed by atoms with E-state index in [0.717, 1.165) is 12.1 Å². The van der Waals surface area contributed by atoms with Crippen molar-refractivity contribution in [3.8, 4) is 22.6 Å². The lowest BCUT2D eigenvalue weighted by Crippen LogP contribution is -2.19. The summed E-state index contributed by atoms with van der Waals surface area (Å²) in [4.78, 5) is 16.2. The highest BCUT2D eigenvalue weighted by Crippen LogP contribution is 2.42. The van der Waals surface area contributed by atoms with Gasteiger partial charge in [-0.15, -0.1) is 0 Å². The number of hydroxylamine groups is 1. The molecule has 0 saturated carbocycles. The Balaban J connectivity index is 1.85. The van der Waals surface area contributed by atoms with Crippen LogP contribution in [0.1, 0.15) is 21.5 Å². The van der Waals surface area contributed by atoms with Crippen molar-refractivity contribution in [3.05, 3.63) is 77.4 Å². The number of rotatable bonds is 2. The molecule has 0 spiro atoms. The molecule has 0 fully saturated rings. The van der Waals surface area contributed by atoms with Crippen molar-refractivity contribution >= 4 is 17.8 Å². The van der Waals surface area contributed by atoms with Gasteiger partial charge in [0.25, 0.3) is 5.91 Å². The molecule has 0 saturated heterocycles. The number of benzene rings is 3. The zero-order chi connectivity index (χ0) is 20.6. The molecule has 1 amide bonds. The van der Waals surface area contributed by atoms with Gasteiger partial charge in [-0.05, 0) is 41.5 Å². The first-order valence-corrected chi connectivity index (χ1v) is 8.48. The van der Waals surface area contributed by atoms with E-state index in [-0.39, 0.29) is 17.0 Å². The maximum atomic E-state index is 13.0. The second-order valence-corrected chi connectivity index (χ2v) is 6.24. The number of ether oxygens (including phenoxy) is 1. The van der Waals surface area contributed by atoms with E-state index in [1.54, 1.807) is 47.9 Å². The number of hydrogen-bond acceptors (Lipinski definition) is 4. The Morgan fingerprint density at radius 2 is 1.72 bits per heavy atom. The van der Waals surface area contributed by atoms with Gasteiger partial charge in [0.15, 0.2) is 5.75 Å². The highest BCUT2D eigenvalue weighted by molar-refractivity contribution is 6.04. The van der Waals surface area contributed by atoms with Crippen LogP contribution in [0.2, 0.25) is 0 Å². The summed E-state index contributed by atoms with van der Waals surface area (Å²) in [6.45, 7) is 0. The van der Waals surface area contributed by atoms with Crippen molar-refractivity contribution in [3.63, 3.8) is 0 Å². The molecule has 0 radical (unpaired) electrons. The van der Waals surface area contributed by atoms with Crippen molar-refractivity contribution in [1.82, 2.24) is 5.48 Å². The maximum Gasteiger partial charge on any atom is 0.416 e. The lowest BCUT2D eigenvalue weighted by molar-refractivity contribution is -0.137. The quantitative estimate of drug-likeness (QED) is 0.353. The zero-order valence-corrected chi connectivity index (χ0v) is 14.7. The van der Waals surface area contributed by atoms with E-state index in [9.17, 15) is 18.0 Å². The van der Waals surface area contributed by atoms with E-state index in [1.807, 2.05) is 0 Å². The van der Waals surface area contributed by atoms with Crippen LogP contribution in [0.3, 0.4) is 0 Å². The number of carbonyl (C=O) groups is 1. The Labute approximate surface area is 163 Å². The normalized spacial score (nSPS) is 12.4. The van der Waals surface area contributed by atoms with Gasteiger partial charge in [0.1, 0.15) is 11.4 Å². The topological polar surface area (TPSA) is 70.9 Å². The number of hydrogen-bond donors (Lipinski definition) is 2. The van der Waals surface area contributed by atoms with Gasteiger partial charge < -0.3 is 4.74 Å². The summed E-state index contributed by atoms with van der Waals surface area (Å²) >= 11 is 0. The fourth-order valence-electron chi connectivity index (χ4n) is 3.11. The van der Waals surface area contributed by atoms with Crippen molar-refractivity contribution in [1.29, 1.82) is 0 Å². The summed E-state index contributed by atoms with van der Waals surface area (Å²) < 4.78 is 44.8. The van der Waals surface area contributed by atoms with Crippen molar-refractivity contribution in [2.24, 2.45) is 4.99 Å². The molecule has 0 aromatic heterocycles. The second-order valence-electron chi connectivity index (χ2n) is 6.24. The number of alkyl halides is 3. The van der Waals surface area contributed by atoms with Crippen LogP contribution in [0.15, 0.2) is 65.7 Å². The summed E-state index contributed by atoms with van der Waals surface area (Å²) in [5, 5.41) is 9.01. The van der Waals surface area contributed by atoms with Gasteiger partial charge in [-0.1, -0.05) is 30.3 Å². The molecule has 0 bridgehead atoms. The minimum absolute atomic E-state index is 0.0448. The highest BCUT2D eigenvalue weighted by atomic mass is 19.4. The van der Waals surface area contributed by atoms with Crippen LogP contribution in [-0.4, -0.2) is 17.3 Å². The highest BCUT2D eigenvalue weighted by Gasteiger charge is 2.31. The van der Waals surface area contributed by atoms with E-state index in [0.29, 0.717) is 22.4 Å². The first-order chi connectivity index (χ1) is 13.9. The number of nitrogens with zero attached hydrogens (tertiary/aromatic N) is 1. The molecule has 0 aliphatic carbocycles. The average Bonchev–Trinajstić information content (AvgIpc) is 2.91. The molecule has 1 aliphatic heterocycles. The third-order valence-electron chi connectivity index (χ3n) is 4.47. The number of carbonyl (C=O) groups excluding carboxylic acids is 1. The Morgan fingerprint density at radius 1 is 0.966 bits per heavy atom. The van der Waals surface area contributed by atoms with E-state index in [1.165, 1.54) is 12.3 Å². The predicted octanol–water partition coefficient (Wildman–Crippen LogP) is 5.35.